The van der Waals surface area contributed by atoms with Crippen LogP contribution in [-0.2, 0) is 26.6 Å². The van der Waals surface area contributed by atoms with Crippen molar-refractivity contribution in [2.24, 2.45) is 0 Å². The van der Waals surface area contributed by atoms with Crippen molar-refractivity contribution in [3.63, 3.8) is 0 Å². The molecule has 1 aromatic carbocycles. The molecule has 0 aliphatic heterocycles. The van der Waals surface area contributed by atoms with E-state index in [2.05, 4.69) is 15.9 Å². The Morgan fingerprint density at radius 2 is 2.00 bits per heavy atom. The molecule has 0 radical (unpaired) electrons. The minimum absolute atomic E-state index is 0.130. The molecule has 1 atom stereocenters. The fourth-order valence-electron chi connectivity index (χ4n) is 2.30. The Morgan fingerprint density at radius 3 is 2.60 bits per heavy atom. The number of carbonyl (C=O) groups is 2. The summed E-state index contributed by atoms with van der Waals surface area (Å²) in [5, 5.41) is 0.130. The Morgan fingerprint density at radius 1 is 1.24 bits per heavy atom. The summed E-state index contributed by atoms with van der Waals surface area (Å²) in [6.07, 6.45) is 1.55. The normalized spacial score (nSPS) is 11.8. The predicted molar refractivity (Wildman–Crippen MR) is 101 cm³/mol. The molecule has 0 fully saturated rings. The van der Waals surface area contributed by atoms with Crippen molar-refractivity contribution in [2.75, 3.05) is 18.2 Å². The van der Waals surface area contributed by atoms with Crippen molar-refractivity contribution in [2.45, 2.75) is 18.3 Å². The molecule has 2 rings (SSSR count). The van der Waals surface area contributed by atoms with Crippen LogP contribution in [-0.4, -0.2) is 41.0 Å². The van der Waals surface area contributed by atoms with E-state index in [1.165, 1.54) is 17.6 Å². The first kappa shape index (κ1) is 19.6. The van der Waals surface area contributed by atoms with Gasteiger partial charge in [-0.05, 0) is 17.7 Å². The zero-order valence-electron chi connectivity index (χ0n) is 13.9. The van der Waals surface area contributed by atoms with Crippen LogP contribution in [0.25, 0.3) is 0 Å². The summed E-state index contributed by atoms with van der Waals surface area (Å²) in [5.74, 6) is 1.21. The standard InChI is InChI=1S/C18H20BrNO4S/c1-23-18(22)16(13-25-12-14-6-3-2-4-7-14)20(17(21)10-19)11-15-8-5-9-24-15/h2-9,16H,10-13H2,1H3/t16-/m1/s1. The number of carbonyl (C=O) groups excluding carboxylic acids is 2. The van der Waals surface area contributed by atoms with Crippen molar-refractivity contribution in [3.05, 3.63) is 60.1 Å². The first-order valence-electron chi connectivity index (χ1n) is 7.73. The van der Waals surface area contributed by atoms with Crippen LogP contribution >= 0.6 is 27.7 Å². The van der Waals surface area contributed by atoms with E-state index in [0.29, 0.717) is 11.5 Å². The summed E-state index contributed by atoms with van der Waals surface area (Å²) in [4.78, 5) is 26.1. The highest BCUT2D eigenvalue weighted by molar-refractivity contribution is 9.09. The molecule has 7 heteroatoms. The molecule has 0 bridgehead atoms. The maximum atomic E-state index is 12.4. The summed E-state index contributed by atoms with van der Waals surface area (Å²) < 4.78 is 10.2. The minimum Gasteiger partial charge on any atom is -0.467 e. The maximum absolute atomic E-state index is 12.4. The van der Waals surface area contributed by atoms with E-state index in [-0.39, 0.29) is 17.8 Å². The van der Waals surface area contributed by atoms with Gasteiger partial charge >= 0.3 is 5.97 Å². The number of amides is 1. The molecule has 0 saturated heterocycles. The molecule has 134 valence electrons. The SMILES string of the molecule is COC(=O)[C@@H](CSCc1ccccc1)N(Cc1ccco1)C(=O)CBr. The number of methoxy groups -OCH3 is 1. The molecule has 0 aliphatic rings. The summed E-state index contributed by atoms with van der Waals surface area (Å²) in [6, 6.07) is 12.8. The zero-order valence-corrected chi connectivity index (χ0v) is 16.3. The van der Waals surface area contributed by atoms with E-state index < -0.39 is 12.0 Å². The molecular formula is C18H20BrNO4S. The molecular weight excluding hydrogens is 406 g/mol. The highest BCUT2D eigenvalue weighted by atomic mass is 79.9. The van der Waals surface area contributed by atoms with Gasteiger partial charge in [0.05, 0.1) is 25.2 Å². The van der Waals surface area contributed by atoms with E-state index in [4.69, 9.17) is 9.15 Å². The largest absolute Gasteiger partial charge is 0.467 e. The Kier molecular flexibility index (Phi) is 8.08. The number of halogens is 1. The van der Waals surface area contributed by atoms with Gasteiger partial charge < -0.3 is 14.1 Å². The summed E-state index contributed by atoms with van der Waals surface area (Å²) >= 11 is 4.77. The molecule has 1 amide bonds. The number of alkyl halides is 1. The number of benzene rings is 1. The van der Waals surface area contributed by atoms with Crippen LogP contribution in [0.4, 0.5) is 0 Å². The molecule has 0 N–H and O–H groups in total. The minimum atomic E-state index is -0.672. The second-order valence-electron chi connectivity index (χ2n) is 5.27. The first-order valence-corrected chi connectivity index (χ1v) is 10.0. The molecule has 1 heterocycles. The van der Waals surface area contributed by atoms with E-state index in [0.717, 1.165) is 5.75 Å². The zero-order chi connectivity index (χ0) is 18.1. The summed E-state index contributed by atoms with van der Waals surface area (Å²) in [7, 11) is 1.33. The van der Waals surface area contributed by atoms with Gasteiger partial charge in [-0.15, -0.1) is 0 Å². The van der Waals surface area contributed by atoms with Crippen molar-refractivity contribution in [1.29, 1.82) is 0 Å². The van der Waals surface area contributed by atoms with Gasteiger partial charge in [0, 0.05) is 11.5 Å². The number of hydrogen-bond donors (Lipinski definition) is 0. The van der Waals surface area contributed by atoms with Gasteiger partial charge in [0.15, 0.2) is 0 Å². The molecule has 5 nitrogen and oxygen atoms in total. The fraction of sp³-hybridized carbons (Fsp3) is 0.333. The predicted octanol–water partition coefficient (Wildman–Crippen LogP) is 3.48. The molecule has 0 aliphatic carbocycles. The Labute approximate surface area is 159 Å². The lowest BCUT2D eigenvalue weighted by atomic mass is 10.2. The number of rotatable bonds is 9. The average Bonchev–Trinajstić information content (AvgIpc) is 3.16. The third-order valence-corrected chi connectivity index (χ3v) is 5.15. The number of esters is 1. The van der Waals surface area contributed by atoms with Crippen molar-refractivity contribution >= 4 is 39.6 Å². The number of thioether (sulfide) groups is 1. The molecule has 25 heavy (non-hydrogen) atoms. The maximum Gasteiger partial charge on any atom is 0.329 e. The quantitative estimate of drug-likeness (QED) is 0.454. The third kappa shape index (κ3) is 5.93. The van der Waals surface area contributed by atoms with E-state index in [1.807, 2.05) is 30.3 Å². The van der Waals surface area contributed by atoms with E-state index in [1.54, 1.807) is 30.2 Å². The second kappa shape index (κ2) is 10.3. The van der Waals surface area contributed by atoms with Gasteiger partial charge in [-0.3, -0.25) is 4.79 Å². The van der Waals surface area contributed by atoms with E-state index in [9.17, 15) is 9.59 Å². The van der Waals surface area contributed by atoms with Crippen LogP contribution in [0.1, 0.15) is 11.3 Å². The summed E-state index contributed by atoms with van der Waals surface area (Å²) in [6.45, 7) is 0.225. The topological polar surface area (TPSA) is 59.8 Å². The van der Waals surface area contributed by atoms with Gasteiger partial charge in [0.2, 0.25) is 5.91 Å². The van der Waals surface area contributed by atoms with Crippen LogP contribution in [0, 0.1) is 0 Å². The van der Waals surface area contributed by atoms with Gasteiger partial charge in [0.25, 0.3) is 0 Å². The van der Waals surface area contributed by atoms with Crippen LogP contribution in [0.2, 0.25) is 0 Å². The Hall–Kier alpha value is -1.73. The molecule has 0 saturated carbocycles. The monoisotopic (exact) mass is 425 g/mol. The van der Waals surface area contributed by atoms with Crippen LogP contribution in [0.5, 0.6) is 0 Å². The van der Waals surface area contributed by atoms with Crippen LogP contribution in [0.3, 0.4) is 0 Å². The van der Waals surface area contributed by atoms with Gasteiger partial charge in [-0.2, -0.15) is 11.8 Å². The molecule has 0 spiro atoms. The number of furan rings is 1. The highest BCUT2D eigenvalue weighted by Crippen LogP contribution is 2.19. The van der Waals surface area contributed by atoms with Crippen LogP contribution < -0.4 is 0 Å². The lowest BCUT2D eigenvalue weighted by molar-refractivity contribution is -0.151. The highest BCUT2D eigenvalue weighted by Gasteiger charge is 2.30. The lowest BCUT2D eigenvalue weighted by Gasteiger charge is -2.28. The van der Waals surface area contributed by atoms with Gasteiger partial charge in [0.1, 0.15) is 11.8 Å². The van der Waals surface area contributed by atoms with Gasteiger partial charge in [-0.1, -0.05) is 46.3 Å². The number of ether oxygens (including phenoxy) is 1. The Bertz CT molecular complexity index is 663. The molecule has 0 unspecified atom stereocenters. The van der Waals surface area contributed by atoms with E-state index >= 15 is 0 Å². The molecule has 2 aromatic rings. The van der Waals surface area contributed by atoms with Crippen LogP contribution in [0.15, 0.2) is 53.1 Å². The van der Waals surface area contributed by atoms with Gasteiger partial charge in [-0.25, -0.2) is 4.79 Å². The fourth-order valence-corrected chi connectivity index (χ4v) is 3.71. The Balaban J connectivity index is 2.08. The average molecular weight is 426 g/mol. The number of nitrogens with zero attached hydrogens (tertiary/aromatic N) is 1. The smallest absolute Gasteiger partial charge is 0.329 e. The van der Waals surface area contributed by atoms with Crippen molar-refractivity contribution in [3.8, 4) is 0 Å². The third-order valence-electron chi connectivity index (χ3n) is 3.58. The first-order chi connectivity index (χ1) is 12.2. The second-order valence-corrected chi connectivity index (χ2v) is 6.87. The van der Waals surface area contributed by atoms with Crippen molar-refractivity contribution < 1.29 is 18.7 Å². The molecule has 1 aromatic heterocycles. The van der Waals surface area contributed by atoms with Crippen molar-refractivity contribution in [1.82, 2.24) is 4.90 Å². The lowest BCUT2D eigenvalue weighted by Crippen LogP contribution is -2.47. The summed E-state index contributed by atoms with van der Waals surface area (Å²) in [5.41, 5.74) is 1.17. The number of hydrogen-bond acceptors (Lipinski definition) is 5.